The van der Waals surface area contributed by atoms with E-state index in [1.165, 1.54) is 10.2 Å². The second kappa shape index (κ2) is 9.00. The number of anilines is 1. The van der Waals surface area contributed by atoms with E-state index < -0.39 is 0 Å². The molecule has 5 rings (SSSR count). The highest BCUT2D eigenvalue weighted by Gasteiger charge is 2.25. The molecule has 1 N–H and O–H groups in total. The van der Waals surface area contributed by atoms with E-state index in [4.69, 9.17) is 11.6 Å². The van der Waals surface area contributed by atoms with E-state index in [1.54, 1.807) is 0 Å². The van der Waals surface area contributed by atoms with Crippen LogP contribution in [0.15, 0.2) is 59.4 Å². The van der Waals surface area contributed by atoms with Crippen LogP contribution in [0.5, 0.6) is 0 Å². The van der Waals surface area contributed by atoms with Crippen molar-refractivity contribution in [1.29, 1.82) is 0 Å². The zero-order valence-electron chi connectivity index (χ0n) is 18.8. The number of hydrogen-bond donors (Lipinski definition) is 1. The summed E-state index contributed by atoms with van der Waals surface area (Å²) in [6.45, 7) is 7.75. The predicted molar refractivity (Wildman–Crippen MR) is 131 cm³/mol. The van der Waals surface area contributed by atoms with E-state index >= 15 is 0 Å². The molecular formula is C25H27ClN6O. The molecule has 33 heavy (non-hydrogen) atoms. The molecule has 1 aliphatic heterocycles. The van der Waals surface area contributed by atoms with Gasteiger partial charge in [-0.05, 0) is 43.7 Å². The Morgan fingerprint density at radius 2 is 1.82 bits per heavy atom. The van der Waals surface area contributed by atoms with Gasteiger partial charge in [-0.2, -0.15) is 4.52 Å². The Morgan fingerprint density at radius 1 is 1.06 bits per heavy atom. The summed E-state index contributed by atoms with van der Waals surface area (Å²) in [6, 6.07) is 18.1. The molecule has 0 amide bonds. The van der Waals surface area contributed by atoms with E-state index in [2.05, 4.69) is 56.1 Å². The summed E-state index contributed by atoms with van der Waals surface area (Å²) >= 11 is 6.12. The standard InChI is InChI=1S/C25H27ClN6O/c1-17-22(16-19-7-6-8-20(26)15-19)24(33)32-25(27-17)28-23(29-32)18(2)30-11-13-31(14-12-30)21-9-4-3-5-10-21/h3-10,15,18H,11-14,16H2,1-2H3,(H,27,28,29). The number of nitrogens with one attached hydrogen (secondary N) is 1. The van der Waals surface area contributed by atoms with Gasteiger partial charge in [-0.25, -0.2) is 4.98 Å². The number of rotatable bonds is 5. The minimum atomic E-state index is -0.138. The van der Waals surface area contributed by atoms with E-state index in [0.717, 1.165) is 37.6 Å². The predicted octanol–water partition coefficient (Wildman–Crippen LogP) is 3.85. The lowest BCUT2D eigenvalue weighted by atomic mass is 10.1. The highest BCUT2D eigenvalue weighted by molar-refractivity contribution is 6.30. The fraction of sp³-hybridized carbons (Fsp3) is 0.320. The molecule has 0 aliphatic carbocycles. The fourth-order valence-electron chi connectivity index (χ4n) is 4.50. The second-order valence-corrected chi connectivity index (χ2v) is 9.00. The molecule has 1 aliphatic rings. The molecule has 3 heterocycles. The van der Waals surface area contributed by atoms with Gasteiger partial charge in [0.2, 0.25) is 5.78 Å². The first-order valence-corrected chi connectivity index (χ1v) is 11.6. The summed E-state index contributed by atoms with van der Waals surface area (Å²) in [5.41, 5.74) is 3.44. The summed E-state index contributed by atoms with van der Waals surface area (Å²) in [6.07, 6.45) is 0.473. The lowest BCUT2D eigenvalue weighted by molar-refractivity contribution is 0.192. The Bertz CT molecular complexity index is 1320. The van der Waals surface area contributed by atoms with Crippen LogP contribution in [0.2, 0.25) is 5.02 Å². The number of fused-ring (bicyclic) bond motifs is 1. The van der Waals surface area contributed by atoms with Gasteiger partial charge in [0.25, 0.3) is 5.56 Å². The number of halogens is 1. The van der Waals surface area contributed by atoms with Crippen molar-refractivity contribution in [2.75, 3.05) is 31.1 Å². The molecule has 1 unspecified atom stereocenters. The summed E-state index contributed by atoms with van der Waals surface area (Å²) in [7, 11) is 0. The van der Waals surface area contributed by atoms with Crippen molar-refractivity contribution in [1.82, 2.24) is 24.5 Å². The Morgan fingerprint density at radius 3 is 2.55 bits per heavy atom. The molecular weight excluding hydrogens is 436 g/mol. The largest absolute Gasteiger partial charge is 0.369 e. The van der Waals surface area contributed by atoms with Crippen LogP contribution in [-0.4, -0.2) is 50.7 Å². The summed E-state index contributed by atoms with van der Waals surface area (Å²) in [5, 5.41) is 5.29. The summed E-state index contributed by atoms with van der Waals surface area (Å²) in [5.74, 6) is 1.24. The third kappa shape index (κ3) is 4.38. The van der Waals surface area contributed by atoms with Crippen molar-refractivity contribution in [3.63, 3.8) is 0 Å². The smallest absolute Gasteiger partial charge is 0.279 e. The number of benzene rings is 2. The lowest BCUT2D eigenvalue weighted by Crippen LogP contribution is -2.47. The van der Waals surface area contributed by atoms with Crippen LogP contribution in [0.25, 0.3) is 5.78 Å². The third-order valence-electron chi connectivity index (χ3n) is 6.46. The van der Waals surface area contributed by atoms with Gasteiger partial charge in [0.1, 0.15) is 5.82 Å². The van der Waals surface area contributed by atoms with E-state index in [-0.39, 0.29) is 11.6 Å². The molecule has 7 nitrogen and oxygen atoms in total. The second-order valence-electron chi connectivity index (χ2n) is 8.57. The molecule has 0 spiro atoms. The number of aryl methyl sites for hydroxylation is 1. The fourth-order valence-corrected chi connectivity index (χ4v) is 4.71. The molecule has 170 valence electrons. The molecule has 0 radical (unpaired) electrons. The van der Waals surface area contributed by atoms with Gasteiger partial charge in [0.05, 0.1) is 11.7 Å². The highest BCUT2D eigenvalue weighted by atomic mass is 35.5. The first kappa shape index (κ1) is 21.7. The van der Waals surface area contributed by atoms with Gasteiger partial charge in [0.15, 0.2) is 0 Å². The zero-order valence-corrected chi connectivity index (χ0v) is 19.6. The molecule has 4 aromatic rings. The number of hydrogen-bond acceptors (Lipinski definition) is 5. The van der Waals surface area contributed by atoms with Gasteiger partial charge >= 0.3 is 0 Å². The van der Waals surface area contributed by atoms with Gasteiger partial charge in [-0.3, -0.25) is 9.69 Å². The van der Waals surface area contributed by atoms with E-state index in [0.29, 0.717) is 28.5 Å². The van der Waals surface area contributed by atoms with Crippen molar-refractivity contribution in [3.05, 3.63) is 92.6 Å². The van der Waals surface area contributed by atoms with Crippen molar-refractivity contribution in [3.8, 4) is 0 Å². The minimum absolute atomic E-state index is 0.0562. The molecule has 2 aromatic carbocycles. The number of aromatic nitrogens is 4. The van der Waals surface area contributed by atoms with Gasteiger partial charge in [-0.1, -0.05) is 41.9 Å². The maximum Gasteiger partial charge on any atom is 0.279 e. The van der Waals surface area contributed by atoms with Crippen LogP contribution in [0, 0.1) is 6.92 Å². The normalized spacial score (nSPS) is 15.8. The molecule has 0 saturated carbocycles. The number of H-pyrrole nitrogens is 1. The van der Waals surface area contributed by atoms with Crippen molar-refractivity contribution >= 4 is 23.1 Å². The SMILES string of the molecule is Cc1nc2[nH]c(C(C)N3CCN(c4ccccc4)CC3)nn2c(=O)c1Cc1cccc(Cl)c1. The number of piperazine rings is 1. The maximum absolute atomic E-state index is 13.2. The molecule has 0 bridgehead atoms. The first-order chi connectivity index (χ1) is 16.0. The Labute approximate surface area is 197 Å². The average Bonchev–Trinajstić information content (AvgIpc) is 3.26. The Hall–Kier alpha value is -3.16. The molecule has 1 fully saturated rings. The topological polar surface area (TPSA) is 69.5 Å². The Kier molecular flexibility index (Phi) is 5.91. The molecule has 8 heteroatoms. The van der Waals surface area contributed by atoms with Crippen LogP contribution >= 0.6 is 11.6 Å². The van der Waals surface area contributed by atoms with Gasteiger partial charge in [-0.15, -0.1) is 5.10 Å². The van der Waals surface area contributed by atoms with Crippen molar-refractivity contribution in [2.45, 2.75) is 26.3 Å². The number of aromatic amines is 1. The third-order valence-corrected chi connectivity index (χ3v) is 6.69. The van der Waals surface area contributed by atoms with Crippen molar-refractivity contribution in [2.24, 2.45) is 0 Å². The van der Waals surface area contributed by atoms with Crippen molar-refractivity contribution < 1.29 is 0 Å². The Balaban J connectivity index is 1.36. The van der Waals surface area contributed by atoms with Crippen LogP contribution in [0.3, 0.4) is 0 Å². The van der Waals surface area contributed by atoms with Gasteiger partial charge in [0, 0.05) is 48.9 Å². The maximum atomic E-state index is 13.2. The minimum Gasteiger partial charge on any atom is -0.369 e. The van der Waals surface area contributed by atoms with Crippen LogP contribution in [0.1, 0.15) is 35.6 Å². The van der Waals surface area contributed by atoms with E-state index in [9.17, 15) is 4.79 Å². The van der Waals surface area contributed by atoms with Crippen LogP contribution in [-0.2, 0) is 6.42 Å². The highest BCUT2D eigenvalue weighted by Crippen LogP contribution is 2.22. The number of nitrogens with zero attached hydrogens (tertiary/aromatic N) is 5. The number of para-hydroxylation sites is 1. The van der Waals surface area contributed by atoms with Crippen LogP contribution < -0.4 is 10.5 Å². The zero-order chi connectivity index (χ0) is 22.9. The monoisotopic (exact) mass is 462 g/mol. The first-order valence-electron chi connectivity index (χ1n) is 11.3. The quantitative estimate of drug-likeness (QED) is 0.487. The van der Waals surface area contributed by atoms with Crippen LogP contribution in [0.4, 0.5) is 5.69 Å². The van der Waals surface area contributed by atoms with E-state index in [1.807, 2.05) is 37.3 Å². The lowest BCUT2D eigenvalue weighted by Gasteiger charge is -2.38. The molecule has 2 aromatic heterocycles. The van der Waals surface area contributed by atoms with Gasteiger partial charge < -0.3 is 9.88 Å². The molecule has 1 saturated heterocycles. The summed E-state index contributed by atoms with van der Waals surface area (Å²) in [4.78, 5) is 26.0. The molecule has 1 atom stereocenters. The summed E-state index contributed by atoms with van der Waals surface area (Å²) < 4.78 is 1.40. The average molecular weight is 463 g/mol.